The third kappa shape index (κ3) is 9.34. The van der Waals surface area contributed by atoms with Crippen molar-refractivity contribution in [3.8, 4) is 0 Å². The van der Waals surface area contributed by atoms with E-state index in [2.05, 4.69) is 16.1 Å². The zero-order valence-corrected chi connectivity index (χ0v) is 20.0. The van der Waals surface area contributed by atoms with Gasteiger partial charge in [0.25, 0.3) is 5.91 Å². The van der Waals surface area contributed by atoms with Gasteiger partial charge in [-0.1, -0.05) is 36.9 Å². The highest BCUT2D eigenvalue weighted by Crippen LogP contribution is 2.42. The van der Waals surface area contributed by atoms with Crippen LogP contribution in [0.4, 0.5) is 43.9 Å². The Morgan fingerprint density at radius 2 is 1.49 bits per heavy atom. The lowest BCUT2D eigenvalue weighted by atomic mass is 10.1. The minimum Gasteiger partial charge on any atom is -0.419 e. The first-order valence-corrected chi connectivity index (χ1v) is 11.6. The first-order chi connectivity index (χ1) is 17.5. The predicted molar refractivity (Wildman–Crippen MR) is 110 cm³/mol. The number of hydrogen-bond acceptors (Lipinski definition) is 6. The van der Waals surface area contributed by atoms with E-state index >= 15 is 0 Å². The molecule has 8 nitrogen and oxygen atoms in total. The SMILES string of the molecule is C=C(C(=O)OC(CC(F)(F)F)(OCCCC(F)(F)C(F)(F)S(=O)(=O)O)C(=O)NCc1ccccc1)C(F)(F)F. The van der Waals surface area contributed by atoms with Crippen molar-refractivity contribution in [2.45, 2.75) is 55.1 Å². The Morgan fingerprint density at radius 1 is 0.949 bits per heavy atom. The summed E-state index contributed by atoms with van der Waals surface area (Å²) in [6, 6.07) is 7.06. The van der Waals surface area contributed by atoms with Crippen LogP contribution in [0.25, 0.3) is 0 Å². The summed E-state index contributed by atoms with van der Waals surface area (Å²) in [6.07, 6.45) is -17.4. The van der Waals surface area contributed by atoms with E-state index in [4.69, 9.17) is 4.55 Å². The molecule has 0 radical (unpaired) electrons. The van der Waals surface area contributed by atoms with Gasteiger partial charge in [-0.2, -0.15) is 52.3 Å². The number of carbonyl (C=O) groups excluding carboxylic acids is 2. The molecule has 19 heteroatoms. The molecule has 0 saturated carbocycles. The topological polar surface area (TPSA) is 119 Å². The van der Waals surface area contributed by atoms with Crippen LogP contribution in [0.1, 0.15) is 24.8 Å². The molecule has 0 saturated heterocycles. The van der Waals surface area contributed by atoms with Crippen molar-refractivity contribution in [1.82, 2.24) is 5.32 Å². The average Bonchev–Trinajstić information content (AvgIpc) is 2.77. The van der Waals surface area contributed by atoms with Crippen LogP contribution in [0.15, 0.2) is 42.5 Å². The molecule has 2 N–H and O–H groups in total. The summed E-state index contributed by atoms with van der Waals surface area (Å²) in [5.41, 5.74) is -2.15. The fourth-order valence-corrected chi connectivity index (χ4v) is 3.16. The molecular formula is C20H19F10NO7S. The molecule has 0 aliphatic heterocycles. The average molecular weight is 607 g/mol. The molecule has 1 amide bonds. The molecular weight excluding hydrogens is 588 g/mol. The van der Waals surface area contributed by atoms with Crippen molar-refractivity contribution in [2.75, 3.05) is 6.61 Å². The first-order valence-electron chi connectivity index (χ1n) is 10.2. The Hall–Kier alpha value is -2.93. The van der Waals surface area contributed by atoms with Crippen molar-refractivity contribution in [2.24, 2.45) is 0 Å². The van der Waals surface area contributed by atoms with Gasteiger partial charge in [0.2, 0.25) is 0 Å². The Labute approximate surface area is 213 Å². The number of amides is 1. The standard InChI is InChI=1S/C20H19F10NO7S/c1-12(19(26,27)28)14(32)38-16(11-18(23,24)25,15(33)31-10-13-6-3-2-4-7-13)37-9-5-8-17(21,22)20(29,30)39(34,35)36/h2-4,6-7H,1,5,8-11H2,(H,31,33)(H,34,35,36). The van der Waals surface area contributed by atoms with E-state index in [-0.39, 0.29) is 5.56 Å². The molecule has 0 aromatic heterocycles. The number of ether oxygens (including phenoxy) is 2. The van der Waals surface area contributed by atoms with Gasteiger partial charge in [0.05, 0.1) is 6.61 Å². The maximum absolute atomic E-state index is 13.7. The monoisotopic (exact) mass is 607 g/mol. The Kier molecular flexibility index (Phi) is 10.6. The van der Waals surface area contributed by atoms with Crippen LogP contribution in [0.3, 0.4) is 0 Å². The highest BCUT2D eigenvalue weighted by molar-refractivity contribution is 7.87. The maximum Gasteiger partial charge on any atom is 0.431 e. The van der Waals surface area contributed by atoms with E-state index < -0.39 is 89.3 Å². The van der Waals surface area contributed by atoms with Gasteiger partial charge < -0.3 is 14.8 Å². The van der Waals surface area contributed by atoms with Crippen LogP contribution in [-0.2, 0) is 35.7 Å². The number of rotatable bonds is 13. The molecule has 1 aromatic carbocycles. The largest absolute Gasteiger partial charge is 0.431 e. The molecule has 1 rings (SSSR count). The lowest BCUT2D eigenvalue weighted by molar-refractivity contribution is -0.268. The summed E-state index contributed by atoms with van der Waals surface area (Å²) >= 11 is 0. The van der Waals surface area contributed by atoms with Gasteiger partial charge in [-0.05, 0) is 12.0 Å². The second kappa shape index (κ2) is 12.1. The number of halogens is 10. The predicted octanol–water partition coefficient (Wildman–Crippen LogP) is 4.53. The number of carbonyl (C=O) groups is 2. The number of nitrogens with one attached hydrogen (secondary N) is 1. The van der Waals surface area contributed by atoms with E-state index in [9.17, 15) is 61.9 Å². The lowest BCUT2D eigenvalue weighted by Gasteiger charge is -2.33. The first kappa shape index (κ1) is 34.1. The van der Waals surface area contributed by atoms with Gasteiger partial charge in [-0.3, -0.25) is 9.35 Å². The van der Waals surface area contributed by atoms with Crippen LogP contribution in [0.2, 0.25) is 0 Å². The maximum atomic E-state index is 13.7. The summed E-state index contributed by atoms with van der Waals surface area (Å²) in [5, 5.41) is -4.23. The van der Waals surface area contributed by atoms with E-state index in [1.54, 1.807) is 0 Å². The fourth-order valence-electron chi connectivity index (χ4n) is 2.68. The van der Waals surface area contributed by atoms with Gasteiger partial charge in [0, 0.05) is 13.0 Å². The van der Waals surface area contributed by atoms with Crippen LogP contribution in [-0.4, -0.2) is 60.8 Å². The fraction of sp³-hybridized carbons (Fsp3) is 0.500. The van der Waals surface area contributed by atoms with Gasteiger partial charge >= 0.3 is 45.4 Å². The quantitative estimate of drug-likeness (QED) is 0.0845. The zero-order chi connectivity index (χ0) is 30.5. The number of esters is 1. The summed E-state index contributed by atoms with van der Waals surface area (Å²) in [7, 11) is -6.66. The van der Waals surface area contributed by atoms with E-state index in [1.165, 1.54) is 30.3 Å². The Balaban J connectivity index is 3.31. The Bertz CT molecular complexity index is 1140. The summed E-state index contributed by atoms with van der Waals surface area (Å²) in [5.74, 6) is -14.2. The van der Waals surface area contributed by atoms with Gasteiger partial charge in [-0.15, -0.1) is 0 Å². The second-order valence-electron chi connectivity index (χ2n) is 7.73. The minimum atomic E-state index is -6.66. The van der Waals surface area contributed by atoms with Crippen LogP contribution < -0.4 is 5.32 Å². The van der Waals surface area contributed by atoms with E-state index in [0.717, 1.165) is 0 Å². The van der Waals surface area contributed by atoms with Crippen molar-refractivity contribution >= 4 is 22.0 Å². The molecule has 1 atom stereocenters. The number of hydrogen-bond donors (Lipinski definition) is 2. The van der Waals surface area contributed by atoms with Gasteiger partial charge in [0.1, 0.15) is 12.0 Å². The normalized spacial score (nSPS) is 14.8. The molecule has 1 aromatic rings. The molecule has 0 heterocycles. The number of alkyl halides is 10. The second-order valence-corrected chi connectivity index (χ2v) is 9.19. The van der Waals surface area contributed by atoms with E-state index in [1.807, 2.05) is 5.32 Å². The highest BCUT2D eigenvalue weighted by atomic mass is 32.2. The molecule has 0 bridgehead atoms. The molecule has 39 heavy (non-hydrogen) atoms. The third-order valence-corrected chi connectivity index (χ3v) is 5.59. The van der Waals surface area contributed by atoms with Crippen LogP contribution in [0, 0.1) is 0 Å². The van der Waals surface area contributed by atoms with Crippen molar-refractivity contribution in [3.63, 3.8) is 0 Å². The zero-order valence-electron chi connectivity index (χ0n) is 19.2. The van der Waals surface area contributed by atoms with Crippen molar-refractivity contribution in [3.05, 3.63) is 48.0 Å². The summed E-state index contributed by atoms with van der Waals surface area (Å²) in [4.78, 5) is 24.6. The molecule has 222 valence electrons. The van der Waals surface area contributed by atoms with Crippen molar-refractivity contribution in [1.29, 1.82) is 0 Å². The van der Waals surface area contributed by atoms with Gasteiger partial charge in [0.15, 0.2) is 0 Å². The third-order valence-electron chi connectivity index (χ3n) is 4.64. The van der Waals surface area contributed by atoms with E-state index in [0.29, 0.717) is 0 Å². The Morgan fingerprint density at radius 3 is 1.95 bits per heavy atom. The molecule has 0 aliphatic carbocycles. The molecule has 0 fully saturated rings. The van der Waals surface area contributed by atoms with Gasteiger partial charge in [-0.25, -0.2) is 4.79 Å². The van der Waals surface area contributed by atoms with Crippen LogP contribution in [0.5, 0.6) is 0 Å². The minimum absolute atomic E-state index is 0.227. The number of benzene rings is 1. The smallest absolute Gasteiger partial charge is 0.419 e. The van der Waals surface area contributed by atoms with Crippen molar-refractivity contribution < 1.29 is 75.9 Å². The molecule has 0 aliphatic rings. The summed E-state index contributed by atoms with van der Waals surface area (Å²) in [6.45, 7) is 0.123. The summed E-state index contributed by atoms with van der Waals surface area (Å²) < 4.78 is 171. The molecule has 1 unspecified atom stereocenters. The highest BCUT2D eigenvalue weighted by Gasteiger charge is 2.65. The lowest BCUT2D eigenvalue weighted by Crippen LogP contribution is -2.55. The van der Waals surface area contributed by atoms with Crippen LogP contribution >= 0.6 is 0 Å². The molecule has 0 spiro atoms.